The van der Waals surface area contributed by atoms with Gasteiger partial charge >= 0.3 is 0 Å². The molecule has 0 saturated carbocycles. The highest BCUT2D eigenvalue weighted by atomic mass is 16.5. The first kappa shape index (κ1) is 16.6. The van der Waals surface area contributed by atoms with Crippen LogP contribution in [-0.2, 0) is 4.79 Å². The SMILES string of the molecule is COc1cccc(OCCCNC(=O)[C@H]2CCN[C@@H](C)C2)c1. The Labute approximate surface area is 132 Å². The van der Waals surface area contributed by atoms with Crippen LogP contribution >= 0.6 is 0 Å². The topological polar surface area (TPSA) is 59.6 Å². The summed E-state index contributed by atoms with van der Waals surface area (Å²) in [7, 11) is 1.64. The van der Waals surface area contributed by atoms with E-state index in [1.807, 2.05) is 24.3 Å². The van der Waals surface area contributed by atoms with Crippen LogP contribution in [0, 0.1) is 5.92 Å². The van der Waals surface area contributed by atoms with Gasteiger partial charge in [0.1, 0.15) is 11.5 Å². The molecule has 22 heavy (non-hydrogen) atoms. The number of carbonyl (C=O) groups is 1. The molecule has 0 radical (unpaired) electrons. The maximum Gasteiger partial charge on any atom is 0.223 e. The number of benzene rings is 1. The van der Waals surface area contributed by atoms with Crippen LogP contribution in [0.4, 0.5) is 0 Å². The lowest BCUT2D eigenvalue weighted by atomic mass is 9.92. The molecule has 1 aliphatic heterocycles. The Balaban J connectivity index is 1.61. The second-order valence-corrected chi connectivity index (χ2v) is 5.75. The first-order valence-electron chi connectivity index (χ1n) is 7.97. The fourth-order valence-corrected chi connectivity index (χ4v) is 2.68. The summed E-state index contributed by atoms with van der Waals surface area (Å²) in [5.74, 6) is 1.90. The number of hydrogen-bond donors (Lipinski definition) is 2. The number of methoxy groups -OCH3 is 1. The van der Waals surface area contributed by atoms with Gasteiger partial charge in [0.15, 0.2) is 0 Å². The molecule has 122 valence electrons. The lowest BCUT2D eigenvalue weighted by Crippen LogP contribution is -2.42. The largest absolute Gasteiger partial charge is 0.497 e. The molecule has 0 bridgehead atoms. The number of carbonyl (C=O) groups excluding carboxylic acids is 1. The lowest BCUT2D eigenvalue weighted by Gasteiger charge is -2.27. The first-order chi connectivity index (χ1) is 10.7. The summed E-state index contributed by atoms with van der Waals surface area (Å²) in [5.41, 5.74) is 0. The maximum atomic E-state index is 12.1. The predicted octanol–water partition coefficient (Wildman–Crippen LogP) is 1.97. The van der Waals surface area contributed by atoms with Crippen LogP contribution in [-0.4, -0.2) is 38.8 Å². The van der Waals surface area contributed by atoms with Gasteiger partial charge in [-0.1, -0.05) is 6.07 Å². The molecule has 2 atom stereocenters. The van der Waals surface area contributed by atoms with Crippen LogP contribution in [0.3, 0.4) is 0 Å². The van der Waals surface area contributed by atoms with Gasteiger partial charge in [0, 0.05) is 24.6 Å². The van der Waals surface area contributed by atoms with Crippen molar-refractivity contribution < 1.29 is 14.3 Å². The second kappa shape index (κ2) is 8.63. The Bertz CT molecular complexity index is 479. The molecule has 0 unspecified atom stereocenters. The van der Waals surface area contributed by atoms with E-state index in [0.717, 1.165) is 37.3 Å². The van der Waals surface area contributed by atoms with Gasteiger partial charge in [-0.3, -0.25) is 4.79 Å². The summed E-state index contributed by atoms with van der Waals surface area (Å²) in [4.78, 5) is 12.1. The third kappa shape index (κ3) is 5.22. The van der Waals surface area contributed by atoms with Gasteiger partial charge in [0.25, 0.3) is 0 Å². The van der Waals surface area contributed by atoms with Gasteiger partial charge < -0.3 is 20.1 Å². The highest BCUT2D eigenvalue weighted by Gasteiger charge is 2.24. The fraction of sp³-hybridized carbons (Fsp3) is 0.588. The van der Waals surface area contributed by atoms with Gasteiger partial charge in [-0.25, -0.2) is 0 Å². The Morgan fingerprint density at radius 1 is 1.41 bits per heavy atom. The first-order valence-corrected chi connectivity index (χ1v) is 7.97. The molecule has 1 saturated heterocycles. The Morgan fingerprint density at radius 2 is 2.23 bits per heavy atom. The van der Waals surface area contributed by atoms with Gasteiger partial charge in [-0.2, -0.15) is 0 Å². The molecule has 1 aromatic carbocycles. The lowest BCUT2D eigenvalue weighted by molar-refractivity contribution is -0.126. The van der Waals surface area contributed by atoms with Crippen molar-refractivity contribution in [1.82, 2.24) is 10.6 Å². The molecule has 2 N–H and O–H groups in total. The third-order valence-corrected chi connectivity index (χ3v) is 3.92. The highest BCUT2D eigenvalue weighted by Crippen LogP contribution is 2.19. The molecule has 1 amide bonds. The average molecular weight is 306 g/mol. The van der Waals surface area contributed by atoms with E-state index < -0.39 is 0 Å². The van der Waals surface area contributed by atoms with E-state index in [1.165, 1.54) is 0 Å². The van der Waals surface area contributed by atoms with Crippen molar-refractivity contribution in [2.45, 2.75) is 32.2 Å². The zero-order chi connectivity index (χ0) is 15.8. The van der Waals surface area contributed by atoms with E-state index in [0.29, 0.717) is 19.2 Å². The quantitative estimate of drug-likeness (QED) is 0.756. The van der Waals surface area contributed by atoms with E-state index in [9.17, 15) is 4.79 Å². The van der Waals surface area contributed by atoms with Crippen LogP contribution in [0.2, 0.25) is 0 Å². The molecule has 0 aromatic heterocycles. The highest BCUT2D eigenvalue weighted by molar-refractivity contribution is 5.78. The minimum absolute atomic E-state index is 0.149. The van der Waals surface area contributed by atoms with Crippen molar-refractivity contribution in [2.75, 3.05) is 26.8 Å². The zero-order valence-corrected chi connectivity index (χ0v) is 13.4. The minimum Gasteiger partial charge on any atom is -0.497 e. The monoisotopic (exact) mass is 306 g/mol. The summed E-state index contributed by atoms with van der Waals surface area (Å²) in [6.45, 7) is 4.29. The predicted molar refractivity (Wildman–Crippen MR) is 86.3 cm³/mol. The normalized spacial score (nSPS) is 21.2. The van der Waals surface area contributed by atoms with Gasteiger partial charge in [0.05, 0.1) is 13.7 Å². The molecule has 1 fully saturated rings. The fourth-order valence-electron chi connectivity index (χ4n) is 2.68. The van der Waals surface area contributed by atoms with Crippen LogP contribution in [0.15, 0.2) is 24.3 Å². The number of hydrogen-bond acceptors (Lipinski definition) is 4. The van der Waals surface area contributed by atoms with Crippen molar-refractivity contribution >= 4 is 5.91 Å². The Morgan fingerprint density at radius 3 is 3.00 bits per heavy atom. The number of rotatable bonds is 7. The van der Waals surface area contributed by atoms with E-state index >= 15 is 0 Å². The van der Waals surface area contributed by atoms with Crippen LogP contribution in [0.1, 0.15) is 26.2 Å². The van der Waals surface area contributed by atoms with Crippen molar-refractivity contribution in [3.05, 3.63) is 24.3 Å². The average Bonchev–Trinajstić information content (AvgIpc) is 2.54. The maximum absolute atomic E-state index is 12.1. The summed E-state index contributed by atoms with van der Waals surface area (Å²) >= 11 is 0. The number of ether oxygens (including phenoxy) is 2. The summed E-state index contributed by atoms with van der Waals surface area (Å²) in [6.07, 6.45) is 2.64. The van der Waals surface area contributed by atoms with Crippen LogP contribution in [0.5, 0.6) is 11.5 Å². The van der Waals surface area contributed by atoms with E-state index in [-0.39, 0.29) is 11.8 Å². The molecule has 1 aliphatic rings. The van der Waals surface area contributed by atoms with E-state index in [2.05, 4.69) is 17.6 Å². The van der Waals surface area contributed by atoms with Gasteiger partial charge in [-0.15, -0.1) is 0 Å². The van der Waals surface area contributed by atoms with E-state index in [4.69, 9.17) is 9.47 Å². The van der Waals surface area contributed by atoms with Gasteiger partial charge in [-0.05, 0) is 44.9 Å². The molecule has 1 heterocycles. The standard InChI is InChI=1S/C17H26N2O3/c1-13-11-14(7-9-18-13)17(20)19-8-4-10-22-16-6-3-5-15(12-16)21-2/h3,5-6,12-14,18H,4,7-11H2,1-2H3,(H,19,20)/t13-,14-/m0/s1. The smallest absolute Gasteiger partial charge is 0.223 e. The molecule has 0 spiro atoms. The molecular weight excluding hydrogens is 280 g/mol. The van der Waals surface area contributed by atoms with Crippen LogP contribution in [0.25, 0.3) is 0 Å². The number of piperidine rings is 1. The molecule has 1 aromatic rings. The van der Waals surface area contributed by atoms with Crippen molar-refractivity contribution in [1.29, 1.82) is 0 Å². The van der Waals surface area contributed by atoms with Crippen LogP contribution < -0.4 is 20.1 Å². The molecule has 5 nitrogen and oxygen atoms in total. The Kier molecular flexibility index (Phi) is 6.52. The summed E-state index contributed by atoms with van der Waals surface area (Å²) in [5, 5.41) is 6.37. The van der Waals surface area contributed by atoms with Gasteiger partial charge in [0.2, 0.25) is 5.91 Å². The zero-order valence-electron chi connectivity index (χ0n) is 13.4. The summed E-state index contributed by atoms with van der Waals surface area (Å²) in [6, 6.07) is 7.97. The van der Waals surface area contributed by atoms with Crippen molar-refractivity contribution in [3.63, 3.8) is 0 Å². The molecule has 2 rings (SSSR count). The molecule has 0 aliphatic carbocycles. The second-order valence-electron chi connectivity index (χ2n) is 5.75. The minimum atomic E-state index is 0.149. The molecular formula is C17H26N2O3. The van der Waals surface area contributed by atoms with E-state index in [1.54, 1.807) is 7.11 Å². The molecule has 5 heteroatoms. The number of amides is 1. The Hall–Kier alpha value is -1.75. The van der Waals surface area contributed by atoms with Crippen molar-refractivity contribution in [2.24, 2.45) is 5.92 Å². The third-order valence-electron chi connectivity index (χ3n) is 3.92. The number of nitrogens with one attached hydrogen (secondary N) is 2. The van der Waals surface area contributed by atoms with Crippen molar-refractivity contribution in [3.8, 4) is 11.5 Å². The summed E-state index contributed by atoms with van der Waals surface area (Å²) < 4.78 is 10.8.